The van der Waals surface area contributed by atoms with E-state index in [1.54, 1.807) is 0 Å². The molecular formula is C11H20INO2. The van der Waals surface area contributed by atoms with Crippen molar-refractivity contribution in [2.75, 3.05) is 6.61 Å². The highest BCUT2D eigenvalue weighted by Crippen LogP contribution is 2.37. The van der Waals surface area contributed by atoms with Crippen molar-refractivity contribution in [3.05, 3.63) is 0 Å². The van der Waals surface area contributed by atoms with Gasteiger partial charge in [0.15, 0.2) is 0 Å². The van der Waals surface area contributed by atoms with Crippen molar-refractivity contribution in [2.45, 2.75) is 50.6 Å². The summed E-state index contributed by atoms with van der Waals surface area (Å²) < 4.78 is 4.92. The number of ether oxygens (including phenoxy) is 1. The summed E-state index contributed by atoms with van der Waals surface area (Å²) in [4.78, 5) is 13.7. The molecule has 3 nitrogen and oxygen atoms in total. The van der Waals surface area contributed by atoms with Gasteiger partial charge in [-0.05, 0) is 19.3 Å². The van der Waals surface area contributed by atoms with E-state index in [2.05, 4.69) is 43.4 Å². The third-order valence-electron chi connectivity index (χ3n) is 2.70. The second kappa shape index (κ2) is 4.11. The summed E-state index contributed by atoms with van der Waals surface area (Å²) in [5, 5.41) is 0. The molecule has 1 rings (SSSR count). The lowest BCUT2D eigenvalue weighted by Crippen LogP contribution is -2.57. The fourth-order valence-corrected chi connectivity index (χ4v) is 2.52. The highest BCUT2D eigenvalue weighted by molar-refractivity contribution is 14.1. The first-order valence-electron chi connectivity index (χ1n) is 5.29. The van der Waals surface area contributed by atoms with Gasteiger partial charge in [-0.1, -0.05) is 43.4 Å². The Morgan fingerprint density at radius 3 is 2.20 bits per heavy atom. The van der Waals surface area contributed by atoms with Crippen LogP contribution in [0.15, 0.2) is 0 Å². The average Bonchev–Trinajstić information content (AvgIpc) is 1.99. The van der Waals surface area contributed by atoms with Gasteiger partial charge >= 0.3 is 6.09 Å². The van der Waals surface area contributed by atoms with Crippen LogP contribution in [0.3, 0.4) is 0 Å². The van der Waals surface area contributed by atoms with Crippen LogP contribution in [-0.2, 0) is 4.74 Å². The molecule has 1 heterocycles. The van der Waals surface area contributed by atoms with Gasteiger partial charge in [-0.15, -0.1) is 0 Å². The summed E-state index contributed by atoms with van der Waals surface area (Å²) in [6.07, 6.45) is 0.738. The van der Waals surface area contributed by atoms with Crippen LogP contribution in [-0.4, -0.2) is 27.2 Å². The second-order valence-corrected chi connectivity index (χ2v) is 8.20. The summed E-state index contributed by atoms with van der Waals surface area (Å²) in [6, 6.07) is 0.255. The van der Waals surface area contributed by atoms with Crippen LogP contribution in [0.1, 0.15) is 41.0 Å². The third-order valence-corrected chi connectivity index (χ3v) is 3.22. The number of hydrogen-bond acceptors (Lipinski definition) is 2. The van der Waals surface area contributed by atoms with Crippen LogP contribution in [0.25, 0.3) is 0 Å². The highest BCUT2D eigenvalue weighted by atomic mass is 127. The van der Waals surface area contributed by atoms with Crippen LogP contribution >= 0.6 is 22.6 Å². The van der Waals surface area contributed by atoms with Crippen LogP contribution in [0.4, 0.5) is 4.79 Å². The first-order chi connectivity index (χ1) is 6.64. The molecule has 0 aromatic heterocycles. The largest absolute Gasteiger partial charge is 0.449 e. The minimum absolute atomic E-state index is 0.0991. The molecule has 0 radical (unpaired) electrons. The van der Waals surface area contributed by atoms with E-state index in [-0.39, 0.29) is 21.1 Å². The number of carbonyl (C=O) groups excluding carboxylic acids is 1. The molecule has 1 saturated heterocycles. The van der Waals surface area contributed by atoms with Crippen LogP contribution in [0, 0.1) is 5.41 Å². The lowest BCUT2D eigenvalue weighted by atomic mass is 9.83. The molecule has 0 N–H and O–H groups in total. The quantitative estimate of drug-likeness (QED) is 0.420. The van der Waals surface area contributed by atoms with Gasteiger partial charge in [0, 0.05) is 12.5 Å². The van der Waals surface area contributed by atoms with Crippen molar-refractivity contribution in [3.63, 3.8) is 0 Å². The van der Waals surface area contributed by atoms with Crippen LogP contribution in [0.5, 0.6) is 0 Å². The summed E-state index contributed by atoms with van der Waals surface area (Å²) >= 11 is 2.29. The van der Waals surface area contributed by atoms with E-state index in [9.17, 15) is 4.79 Å². The van der Waals surface area contributed by atoms with Gasteiger partial charge in [-0.3, -0.25) is 4.90 Å². The maximum Gasteiger partial charge on any atom is 0.411 e. The Labute approximate surface area is 106 Å². The Kier molecular flexibility index (Phi) is 3.58. The summed E-state index contributed by atoms with van der Waals surface area (Å²) in [5.74, 6) is 0. The molecule has 4 heteroatoms. The number of rotatable bonds is 1. The number of nitrogens with zero attached hydrogens (tertiary/aromatic N) is 1. The fraction of sp³-hybridized carbons (Fsp3) is 0.909. The monoisotopic (exact) mass is 325 g/mol. The zero-order valence-corrected chi connectivity index (χ0v) is 12.3. The van der Waals surface area contributed by atoms with Gasteiger partial charge in [0.2, 0.25) is 0 Å². The summed E-state index contributed by atoms with van der Waals surface area (Å²) in [6.45, 7) is 11.1. The maximum atomic E-state index is 11.8. The van der Waals surface area contributed by atoms with Gasteiger partial charge in [0.1, 0.15) is 0 Å². The Bertz CT molecular complexity index is 252. The number of hydrogen-bond donors (Lipinski definition) is 0. The number of halogens is 1. The average molecular weight is 325 g/mol. The predicted octanol–water partition coefficient (Wildman–Crippen LogP) is 3.41. The lowest BCUT2D eigenvalue weighted by molar-refractivity contribution is -0.00867. The Morgan fingerprint density at radius 1 is 1.33 bits per heavy atom. The van der Waals surface area contributed by atoms with Gasteiger partial charge in [-0.25, -0.2) is 4.79 Å². The third kappa shape index (κ3) is 2.98. The van der Waals surface area contributed by atoms with Gasteiger partial charge in [0.05, 0.1) is 10.2 Å². The van der Waals surface area contributed by atoms with Crippen molar-refractivity contribution in [1.82, 2.24) is 4.90 Å². The molecule has 88 valence electrons. The molecule has 0 spiro atoms. The van der Waals surface area contributed by atoms with E-state index in [1.807, 2.05) is 18.7 Å². The smallest absolute Gasteiger partial charge is 0.411 e. The number of cyclic esters (lactones) is 1. The molecule has 0 aliphatic carbocycles. The molecule has 15 heavy (non-hydrogen) atoms. The predicted molar refractivity (Wildman–Crippen MR) is 69.1 cm³/mol. The first kappa shape index (κ1) is 13.1. The van der Waals surface area contributed by atoms with E-state index in [1.165, 1.54) is 0 Å². The lowest BCUT2D eigenvalue weighted by Gasteiger charge is -2.47. The molecular weight excluding hydrogens is 305 g/mol. The second-order valence-electron chi connectivity index (χ2n) is 5.56. The number of carbonyl (C=O) groups is 1. The highest BCUT2D eigenvalue weighted by Gasteiger charge is 2.43. The van der Waals surface area contributed by atoms with Crippen molar-refractivity contribution in [2.24, 2.45) is 5.41 Å². The summed E-state index contributed by atoms with van der Waals surface area (Å²) in [5.41, 5.74) is 0.0991. The number of alkyl halides is 1. The molecule has 1 atom stereocenters. The molecule has 0 saturated carbocycles. The maximum absolute atomic E-state index is 11.8. The van der Waals surface area contributed by atoms with Gasteiger partial charge in [-0.2, -0.15) is 0 Å². The van der Waals surface area contributed by atoms with Crippen molar-refractivity contribution >= 4 is 28.7 Å². The zero-order chi connectivity index (χ0) is 11.9. The van der Waals surface area contributed by atoms with E-state index in [4.69, 9.17) is 4.74 Å². The molecule has 1 fully saturated rings. The van der Waals surface area contributed by atoms with Gasteiger partial charge in [0.25, 0.3) is 0 Å². The Balaban J connectivity index is 2.98. The fourth-order valence-electron chi connectivity index (χ4n) is 1.99. The van der Waals surface area contributed by atoms with E-state index >= 15 is 0 Å². The molecule has 1 aliphatic rings. The minimum Gasteiger partial charge on any atom is -0.449 e. The van der Waals surface area contributed by atoms with Crippen molar-refractivity contribution in [3.8, 4) is 0 Å². The molecule has 1 amide bonds. The summed E-state index contributed by atoms with van der Waals surface area (Å²) in [7, 11) is 0. The van der Waals surface area contributed by atoms with Crippen LogP contribution < -0.4 is 0 Å². The first-order valence-corrected chi connectivity index (χ1v) is 6.37. The zero-order valence-electron chi connectivity index (χ0n) is 10.1. The SMILES string of the molecule is CC(C)(C)C1CCOC(=O)N1C(C)(C)I. The standard InChI is InChI=1S/C11H20INO2/c1-10(2,3)8-6-7-15-9(14)13(8)11(4,5)12/h8H,6-7H2,1-5H3. The van der Waals surface area contributed by atoms with Crippen LogP contribution in [0.2, 0.25) is 0 Å². The molecule has 1 unspecified atom stereocenters. The van der Waals surface area contributed by atoms with E-state index in [0.29, 0.717) is 6.61 Å². The van der Waals surface area contributed by atoms with E-state index in [0.717, 1.165) is 6.42 Å². The molecule has 0 aromatic carbocycles. The Morgan fingerprint density at radius 2 is 1.87 bits per heavy atom. The van der Waals surface area contributed by atoms with Crippen molar-refractivity contribution < 1.29 is 9.53 Å². The normalized spacial score (nSPS) is 24.0. The Hall–Kier alpha value is 0. The van der Waals surface area contributed by atoms with E-state index < -0.39 is 0 Å². The van der Waals surface area contributed by atoms with Crippen molar-refractivity contribution in [1.29, 1.82) is 0 Å². The molecule has 0 aromatic rings. The topological polar surface area (TPSA) is 29.5 Å². The molecule has 1 aliphatic heterocycles. The molecule has 0 bridgehead atoms. The van der Waals surface area contributed by atoms with Gasteiger partial charge < -0.3 is 4.74 Å². The minimum atomic E-state index is -0.201. The number of amides is 1.